The van der Waals surface area contributed by atoms with Crippen LogP contribution in [0.2, 0.25) is 0 Å². The maximum absolute atomic E-state index is 15.1. The molecule has 138 valence electrons. The molecule has 1 aliphatic heterocycles. The number of hydrogen-bond acceptors (Lipinski definition) is 5. The third-order valence-corrected chi connectivity index (χ3v) is 5.04. The quantitative estimate of drug-likeness (QED) is 0.816. The van der Waals surface area contributed by atoms with Crippen molar-refractivity contribution < 1.29 is 19.0 Å². The van der Waals surface area contributed by atoms with Crippen LogP contribution in [-0.4, -0.2) is 42.0 Å². The predicted octanol–water partition coefficient (Wildman–Crippen LogP) is 2.25. The van der Waals surface area contributed by atoms with E-state index in [0.717, 1.165) is 25.9 Å². The summed E-state index contributed by atoms with van der Waals surface area (Å²) in [6.45, 7) is 4.49. The van der Waals surface area contributed by atoms with Gasteiger partial charge < -0.3 is 24.6 Å². The fourth-order valence-corrected chi connectivity index (χ4v) is 3.58. The van der Waals surface area contributed by atoms with Gasteiger partial charge in [0.15, 0.2) is 5.75 Å². The second-order valence-corrected chi connectivity index (χ2v) is 6.79. The van der Waals surface area contributed by atoms with E-state index in [2.05, 4.69) is 10.1 Å². The molecule has 0 spiro atoms. The smallest absolute Gasteiger partial charge is 0.449 e. The number of rotatable bonds is 3. The molecule has 0 amide bonds. The van der Waals surface area contributed by atoms with Gasteiger partial charge in [-0.15, -0.1) is 0 Å². The number of aromatic nitrogens is 1. The Labute approximate surface area is 149 Å². The van der Waals surface area contributed by atoms with Crippen molar-refractivity contribution in [2.24, 2.45) is 0 Å². The van der Waals surface area contributed by atoms with E-state index >= 15 is 4.39 Å². The van der Waals surface area contributed by atoms with Gasteiger partial charge >= 0.3 is 6.16 Å². The molecule has 2 N–H and O–H groups in total. The lowest BCUT2D eigenvalue weighted by Gasteiger charge is -2.30. The van der Waals surface area contributed by atoms with Crippen LogP contribution in [0.5, 0.6) is 5.75 Å². The number of aryl methyl sites for hydroxylation is 1. The van der Waals surface area contributed by atoms with Crippen molar-refractivity contribution in [1.29, 1.82) is 0 Å². The Morgan fingerprint density at radius 1 is 1.35 bits per heavy atom. The van der Waals surface area contributed by atoms with Crippen molar-refractivity contribution in [3.63, 3.8) is 0 Å². The molecule has 2 aliphatic rings. The van der Waals surface area contributed by atoms with Crippen molar-refractivity contribution in [1.82, 2.24) is 9.88 Å². The second kappa shape index (κ2) is 6.28. The molecule has 2 heterocycles. The third kappa shape index (κ3) is 2.80. The van der Waals surface area contributed by atoms with Gasteiger partial charge in [-0.05, 0) is 25.8 Å². The van der Waals surface area contributed by atoms with E-state index < -0.39 is 17.4 Å². The highest BCUT2D eigenvalue weighted by atomic mass is 19.1. The number of nitrogens with one attached hydrogen (secondary N) is 1. The van der Waals surface area contributed by atoms with Gasteiger partial charge in [0.2, 0.25) is 5.43 Å². The molecule has 26 heavy (non-hydrogen) atoms. The SMILES string of the molecule is Cc1c(F)c(N2CCNCC2)cc2c1c(=O)c(OC(=O)O)cn2C1CC1. The van der Waals surface area contributed by atoms with Gasteiger partial charge in [-0.2, -0.15) is 0 Å². The Morgan fingerprint density at radius 3 is 2.65 bits per heavy atom. The molecule has 8 heteroatoms. The molecule has 1 saturated carbocycles. The first-order valence-corrected chi connectivity index (χ1v) is 8.71. The maximum Gasteiger partial charge on any atom is 0.511 e. The summed E-state index contributed by atoms with van der Waals surface area (Å²) in [6, 6.07) is 1.89. The Hall–Kier alpha value is -2.61. The summed E-state index contributed by atoms with van der Waals surface area (Å²) in [5.74, 6) is -0.722. The first-order chi connectivity index (χ1) is 12.5. The zero-order chi connectivity index (χ0) is 18.4. The number of piperazine rings is 1. The van der Waals surface area contributed by atoms with Crippen LogP contribution in [0.3, 0.4) is 0 Å². The molecule has 0 atom stereocenters. The summed E-state index contributed by atoms with van der Waals surface area (Å²) >= 11 is 0. The molecule has 0 bridgehead atoms. The summed E-state index contributed by atoms with van der Waals surface area (Å²) in [5.41, 5.74) is 0.744. The third-order valence-electron chi connectivity index (χ3n) is 5.04. The minimum atomic E-state index is -1.56. The van der Waals surface area contributed by atoms with Crippen LogP contribution in [0.25, 0.3) is 10.9 Å². The van der Waals surface area contributed by atoms with Crippen LogP contribution in [0.1, 0.15) is 24.4 Å². The summed E-state index contributed by atoms with van der Waals surface area (Å²) in [6.07, 6.45) is 1.75. The number of ether oxygens (including phenoxy) is 1. The summed E-state index contributed by atoms with van der Waals surface area (Å²) in [4.78, 5) is 25.6. The maximum atomic E-state index is 15.1. The van der Waals surface area contributed by atoms with E-state index in [1.54, 1.807) is 13.0 Å². The van der Waals surface area contributed by atoms with Crippen LogP contribution >= 0.6 is 0 Å². The lowest BCUT2D eigenvalue weighted by molar-refractivity contribution is 0.143. The molecule has 4 rings (SSSR count). The average Bonchev–Trinajstić information content (AvgIpc) is 3.45. The molecule has 1 aromatic carbocycles. The van der Waals surface area contributed by atoms with Crippen LogP contribution in [-0.2, 0) is 0 Å². The van der Waals surface area contributed by atoms with Crippen LogP contribution < -0.4 is 20.4 Å². The molecule has 1 saturated heterocycles. The second-order valence-electron chi connectivity index (χ2n) is 6.79. The number of nitrogens with zero attached hydrogens (tertiary/aromatic N) is 2. The molecule has 1 aromatic heterocycles. The minimum Gasteiger partial charge on any atom is -0.449 e. The number of pyridine rings is 1. The van der Waals surface area contributed by atoms with Crippen LogP contribution in [0.4, 0.5) is 14.9 Å². The minimum absolute atomic E-state index is 0.176. The van der Waals surface area contributed by atoms with E-state index in [-0.39, 0.29) is 22.7 Å². The standard InChI is InChI=1S/C18H20FN3O4/c1-10-15-12(8-13(16(10)19)21-6-4-20-5-7-21)22(11-2-3-11)9-14(17(15)23)26-18(24)25/h8-9,11,20H,2-7H2,1H3,(H,24,25). The van der Waals surface area contributed by atoms with Gasteiger partial charge in [0, 0.05) is 37.8 Å². The largest absolute Gasteiger partial charge is 0.511 e. The number of hydrogen-bond donors (Lipinski definition) is 2. The number of carboxylic acid groups (broad SMARTS) is 1. The van der Waals surface area contributed by atoms with Gasteiger partial charge in [0.05, 0.1) is 22.8 Å². The predicted molar refractivity (Wildman–Crippen MR) is 94.9 cm³/mol. The fourth-order valence-electron chi connectivity index (χ4n) is 3.58. The Balaban J connectivity index is 1.97. The van der Waals surface area contributed by atoms with E-state index in [1.807, 2.05) is 9.47 Å². The van der Waals surface area contributed by atoms with E-state index in [0.29, 0.717) is 24.3 Å². The van der Waals surface area contributed by atoms with Crippen molar-refractivity contribution in [2.45, 2.75) is 25.8 Å². The number of benzene rings is 1. The van der Waals surface area contributed by atoms with Crippen molar-refractivity contribution in [3.8, 4) is 5.75 Å². The molecule has 2 aromatic rings. The van der Waals surface area contributed by atoms with E-state index in [9.17, 15) is 9.59 Å². The molecular weight excluding hydrogens is 341 g/mol. The highest BCUT2D eigenvalue weighted by Crippen LogP contribution is 2.39. The molecule has 7 nitrogen and oxygen atoms in total. The Bertz CT molecular complexity index is 946. The zero-order valence-corrected chi connectivity index (χ0v) is 14.4. The van der Waals surface area contributed by atoms with Gasteiger partial charge in [0.25, 0.3) is 0 Å². The lowest BCUT2D eigenvalue weighted by atomic mass is 10.0. The van der Waals surface area contributed by atoms with Gasteiger partial charge in [-0.3, -0.25) is 4.79 Å². The van der Waals surface area contributed by atoms with Crippen LogP contribution in [0.15, 0.2) is 17.1 Å². The lowest BCUT2D eigenvalue weighted by Crippen LogP contribution is -2.44. The van der Waals surface area contributed by atoms with Crippen molar-refractivity contribution in [3.05, 3.63) is 33.9 Å². The molecule has 0 unspecified atom stereocenters. The highest BCUT2D eigenvalue weighted by Gasteiger charge is 2.29. The first-order valence-electron chi connectivity index (χ1n) is 8.71. The summed E-state index contributed by atoms with van der Waals surface area (Å²) < 4.78 is 21.6. The zero-order valence-electron chi connectivity index (χ0n) is 14.4. The van der Waals surface area contributed by atoms with Crippen molar-refractivity contribution in [2.75, 3.05) is 31.1 Å². The highest BCUT2D eigenvalue weighted by molar-refractivity contribution is 5.88. The first kappa shape index (κ1) is 16.8. The number of anilines is 1. The normalized spacial score (nSPS) is 17.5. The van der Waals surface area contributed by atoms with Gasteiger partial charge in [-0.1, -0.05) is 0 Å². The summed E-state index contributed by atoms with van der Waals surface area (Å²) in [7, 11) is 0. The van der Waals surface area contributed by atoms with Gasteiger partial charge in [-0.25, -0.2) is 9.18 Å². The molecule has 1 aliphatic carbocycles. The summed E-state index contributed by atoms with van der Waals surface area (Å²) in [5, 5.41) is 12.3. The average molecular weight is 361 g/mol. The van der Waals surface area contributed by atoms with E-state index in [1.165, 1.54) is 6.20 Å². The molecule has 2 fully saturated rings. The molecular formula is C18H20FN3O4. The fraction of sp³-hybridized carbons (Fsp3) is 0.444. The Morgan fingerprint density at radius 2 is 2.04 bits per heavy atom. The number of halogens is 1. The molecule has 0 radical (unpaired) electrons. The topological polar surface area (TPSA) is 83.8 Å². The number of carbonyl (C=O) groups is 1. The van der Waals surface area contributed by atoms with Gasteiger partial charge in [0.1, 0.15) is 5.82 Å². The Kier molecular flexibility index (Phi) is 4.07. The van der Waals surface area contributed by atoms with E-state index in [4.69, 9.17) is 5.11 Å². The monoisotopic (exact) mass is 361 g/mol. The number of fused-ring (bicyclic) bond motifs is 1. The van der Waals surface area contributed by atoms with Crippen LogP contribution in [0, 0.1) is 12.7 Å². The van der Waals surface area contributed by atoms with Crippen molar-refractivity contribution >= 4 is 22.7 Å².